The van der Waals surface area contributed by atoms with Crippen molar-refractivity contribution in [1.29, 1.82) is 0 Å². The van der Waals surface area contributed by atoms with Crippen molar-refractivity contribution in [3.8, 4) is 22.7 Å². The predicted octanol–water partition coefficient (Wildman–Crippen LogP) is 5.10. The van der Waals surface area contributed by atoms with Crippen LogP contribution >= 0.6 is 0 Å². The maximum absolute atomic E-state index is 12.1. The molecule has 0 unspecified atom stereocenters. The Balaban J connectivity index is 1.60. The van der Waals surface area contributed by atoms with E-state index >= 15 is 0 Å². The van der Waals surface area contributed by atoms with Crippen LogP contribution < -0.4 is 15.0 Å². The summed E-state index contributed by atoms with van der Waals surface area (Å²) in [7, 11) is 1.43. The Hall–Kier alpha value is -4.41. The highest BCUT2D eigenvalue weighted by Gasteiger charge is 2.25. The molecule has 0 radical (unpaired) electrons. The highest BCUT2D eigenvalue weighted by Crippen LogP contribution is 2.40. The van der Waals surface area contributed by atoms with Gasteiger partial charge < -0.3 is 24.6 Å². The Kier molecular flexibility index (Phi) is 4.70. The molecule has 3 aromatic carbocycles. The van der Waals surface area contributed by atoms with Crippen molar-refractivity contribution in [3.05, 3.63) is 88.5 Å². The lowest BCUT2D eigenvalue weighted by Gasteiger charge is -2.29. The summed E-state index contributed by atoms with van der Waals surface area (Å²) in [5.41, 5.74) is 0.666. The minimum absolute atomic E-state index is 0.0369. The van der Waals surface area contributed by atoms with Gasteiger partial charge >= 0.3 is 0 Å². The van der Waals surface area contributed by atoms with Gasteiger partial charge in [-0.05, 0) is 32.2 Å². The maximum Gasteiger partial charge on any atom is 0.294 e. The molecule has 10 nitrogen and oxygen atoms in total. The molecule has 1 aliphatic rings. The van der Waals surface area contributed by atoms with Gasteiger partial charge in [0.25, 0.3) is 5.69 Å². The number of anilines is 3. The quantitative estimate of drug-likeness (QED) is 0.232. The zero-order chi connectivity index (χ0) is 36.7. The van der Waals surface area contributed by atoms with E-state index in [4.69, 9.17) is 24.6 Å². The third-order valence-electron chi connectivity index (χ3n) is 6.09. The fourth-order valence-electron chi connectivity index (χ4n) is 4.32. The van der Waals surface area contributed by atoms with E-state index in [0.717, 1.165) is 0 Å². The molecule has 1 aliphatic heterocycles. The number of nitro benzene ring substituents is 1. The summed E-state index contributed by atoms with van der Waals surface area (Å²) < 4.78 is 101. The van der Waals surface area contributed by atoms with Crippen molar-refractivity contribution in [2.75, 3.05) is 57.6 Å². The molecule has 0 saturated carbocycles. The van der Waals surface area contributed by atoms with Crippen LogP contribution in [0, 0.1) is 10.1 Å². The van der Waals surface area contributed by atoms with Crippen molar-refractivity contribution in [2.24, 2.45) is 0 Å². The molecule has 1 fully saturated rings. The molecule has 4 aromatic rings. The van der Waals surface area contributed by atoms with Crippen LogP contribution in [-0.4, -0.2) is 67.0 Å². The first-order valence-corrected chi connectivity index (χ1v) is 11.9. The second-order valence-electron chi connectivity index (χ2n) is 8.61. The Morgan fingerprint density at radius 2 is 2.00 bits per heavy atom. The normalized spacial score (nSPS) is 18.2. The molecule has 1 saturated heterocycles. The number of aromatic nitrogens is 2. The number of nitrogens with zero attached hydrogens (tertiary/aromatic N) is 5. The van der Waals surface area contributed by atoms with Gasteiger partial charge in [0.15, 0.2) is 0 Å². The molecule has 0 amide bonds. The average molecular weight is 540 g/mol. The highest BCUT2D eigenvalue weighted by atomic mass is 16.6. The van der Waals surface area contributed by atoms with Gasteiger partial charge in [-0.3, -0.25) is 10.1 Å². The predicted molar refractivity (Wildman–Crippen MR) is 152 cm³/mol. The van der Waals surface area contributed by atoms with Crippen LogP contribution in [-0.2, 0) is 11.3 Å². The second-order valence-corrected chi connectivity index (χ2v) is 8.61. The molecule has 0 spiro atoms. The Morgan fingerprint density at radius 1 is 1.21 bits per heavy atom. The summed E-state index contributed by atoms with van der Waals surface area (Å²) in [6.45, 7) is -5.15. The molecule has 5 rings (SSSR count). The Morgan fingerprint density at radius 3 is 2.72 bits per heavy atom. The first kappa shape index (κ1) is 15.9. The van der Waals surface area contributed by atoms with Gasteiger partial charge in [-0.2, -0.15) is 5.10 Å². The molecule has 0 bridgehead atoms. The van der Waals surface area contributed by atoms with E-state index in [9.17, 15) is 10.1 Å². The van der Waals surface area contributed by atoms with Crippen LogP contribution in [0.3, 0.4) is 0 Å². The van der Waals surface area contributed by atoms with E-state index in [1.807, 2.05) is 4.90 Å². The molecular formula is C29H32N6O4. The maximum atomic E-state index is 12.1. The van der Waals surface area contributed by atoms with Crippen molar-refractivity contribution in [3.63, 3.8) is 0 Å². The lowest BCUT2D eigenvalue weighted by atomic mass is 10.1. The van der Waals surface area contributed by atoms with E-state index in [1.165, 1.54) is 24.1 Å². The van der Waals surface area contributed by atoms with E-state index < -0.39 is 55.6 Å². The summed E-state index contributed by atoms with van der Waals surface area (Å²) >= 11 is 0. The van der Waals surface area contributed by atoms with Crippen molar-refractivity contribution in [2.45, 2.75) is 6.54 Å². The number of benzene rings is 3. The third kappa shape index (κ3) is 5.87. The molecule has 1 aromatic heterocycles. The standard InChI is InChI=1S/C29H32N6O4/c1-32(2)19-22-20-34(31-29(22)21-8-5-4-6-9-21)24-11-7-10-23(16-24)30-25-17-27(35(36)37)26(18-28(25)38-3)33-12-14-39-15-13-33/h4-11,16-18,20,30H,12-15,19H2,1-3H3/i1D3,2D3,4D,5D,6D,8D,9D. The van der Waals surface area contributed by atoms with Crippen LogP contribution in [0.15, 0.2) is 72.8 Å². The summed E-state index contributed by atoms with van der Waals surface area (Å²) in [5.74, 6) is 0.321. The lowest BCUT2D eigenvalue weighted by molar-refractivity contribution is -0.384. The number of ether oxygens (including phenoxy) is 2. The zero-order valence-corrected chi connectivity index (χ0v) is 20.9. The van der Waals surface area contributed by atoms with E-state index in [2.05, 4.69) is 10.4 Å². The SMILES string of the molecule is [2H]c1c([2H])c([2H])c(-c2nn(-c3cccc(Nc4cc([N+](=O)[O-])c(N5CCOCC5)cc4OC)c3)cc2CN(C([2H])([2H])[2H])C([2H])([2H])[2H])c([2H])c1[2H]. The van der Waals surface area contributed by atoms with Crippen LogP contribution in [0.4, 0.5) is 22.7 Å². The van der Waals surface area contributed by atoms with E-state index in [0.29, 0.717) is 49.1 Å². The van der Waals surface area contributed by atoms with E-state index in [-0.39, 0.29) is 33.1 Å². The van der Waals surface area contributed by atoms with Gasteiger partial charge in [-0.25, -0.2) is 4.68 Å². The number of nitrogens with one attached hydrogen (secondary N) is 1. The van der Waals surface area contributed by atoms with Gasteiger partial charge in [-0.1, -0.05) is 36.3 Å². The fraction of sp³-hybridized carbons (Fsp3) is 0.276. The van der Waals surface area contributed by atoms with Crippen molar-refractivity contribution < 1.29 is 29.5 Å². The van der Waals surface area contributed by atoms with Gasteiger partial charge in [0.2, 0.25) is 0 Å². The molecule has 10 heteroatoms. The van der Waals surface area contributed by atoms with Crippen molar-refractivity contribution >= 4 is 22.7 Å². The largest absolute Gasteiger partial charge is 0.494 e. The third-order valence-corrected chi connectivity index (χ3v) is 6.09. The number of methoxy groups -OCH3 is 1. The number of hydrogen-bond acceptors (Lipinski definition) is 8. The second kappa shape index (κ2) is 11.5. The summed E-state index contributed by atoms with van der Waals surface area (Å²) in [4.78, 5) is 13.7. The van der Waals surface area contributed by atoms with Crippen LogP contribution in [0.25, 0.3) is 16.9 Å². The summed E-state index contributed by atoms with van der Waals surface area (Å²) in [6, 6.07) is 6.25. The Labute approximate surface area is 243 Å². The van der Waals surface area contributed by atoms with Crippen LogP contribution in [0.1, 0.15) is 20.6 Å². The molecule has 2 heterocycles. The van der Waals surface area contributed by atoms with Gasteiger partial charge in [0, 0.05) is 63.0 Å². The summed E-state index contributed by atoms with van der Waals surface area (Å²) in [6.07, 6.45) is 1.32. The minimum Gasteiger partial charge on any atom is -0.494 e. The number of hydrogen-bond donors (Lipinski definition) is 1. The summed E-state index contributed by atoms with van der Waals surface area (Å²) in [5, 5.41) is 19.7. The van der Waals surface area contributed by atoms with Crippen LogP contribution in [0.5, 0.6) is 5.75 Å². The number of rotatable bonds is 9. The first-order chi connectivity index (χ1) is 23.4. The van der Waals surface area contributed by atoms with Crippen molar-refractivity contribution in [1.82, 2.24) is 14.7 Å². The smallest absolute Gasteiger partial charge is 0.294 e. The first-order valence-electron chi connectivity index (χ1n) is 17.4. The minimum atomic E-state index is -3.09. The molecule has 0 aliphatic carbocycles. The van der Waals surface area contributed by atoms with E-state index in [1.54, 1.807) is 30.3 Å². The molecule has 0 atom stereocenters. The van der Waals surface area contributed by atoms with Gasteiger partial charge in [0.1, 0.15) is 11.4 Å². The zero-order valence-electron chi connectivity index (χ0n) is 31.9. The fourth-order valence-corrected chi connectivity index (χ4v) is 4.32. The molecule has 1 N–H and O–H groups in total. The van der Waals surface area contributed by atoms with Crippen LogP contribution in [0.2, 0.25) is 0 Å². The average Bonchev–Trinajstić information content (AvgIpc) is 3.48. The molecule has 202 valence electrons. The number of morpholine rings is 1. The topological polar surface area (TPSA) is 97.9 Å². The Bertz CT molecular complexity index is 1880. The molecule has 39 heavy (non-hydrogen) atoms. The van der Waals surface area contributed by atoms with Gasteiger partial charge in [-0.15, -0.1) is 0 Å². The van der Waals surface area contributed by atoms with Gasteiger partial charge in [0.05, 0.1) is 49.2 Å². The molecular weight excluding hydrogens is 496 g/mol. The number of nitro groups is 1. The lowest BCUT2D eigenvalue weighted by Crippen LogP contribution is -2.36. The highest BCUT2D eigenvalue weighted by molar-refractivity contribution is 5.78. The monoisotopic (exact) mass is 539 g/mol.